The number of ether oxygens (including phenoxy) is 1. The predicted molar refractivity (Wildman–Crippen MR) is 161 cm³/mol. The lowest BCUT2D eigenvalue weighted by Crippen LogP contribution is -2.68. The number of carbonyl (C=O) groups is 1. The van der Waals surface area contributed by atoms with Crippen molar-refractivity contribution in [1.29, 1.82) is 0 Å². The second-order valence-corrected chi connectivity index (χ2v) is 12.6. The van der Waals surface area contributed by atoms with Gasteiger partial charge in [0.2, 0.25) is 11.4 Å². The third kappa shape index (κ3) is 4.93. The molecule has 6 heterocycles. The van der Waals surface area contributed by atoms with Crippen LogP contribution < -0.4 is 27.1 Å². The molecule has 5 aromatic rings. The molecule has 2 aliphatic rings. The number of morpholine rings is 1. The van der Waals surface area contributed by atoms with E-state index in [1.54, 1.807) is 21.9 Å². The van der Waals surface area contributed by atoms with Crippen LogP contribution in [0.1, 0.15) is 47.3 Å². The number of hydrogen-bond acceptors (Lipinski definition) is 11. The highest BCUT2D eigenvalue weighted by Gasteiger charge is 2.28. The highest BCUT2D eigenvalue weighted by molar-refractivity contribution is 7.18. The van der Waals surface area contributed by atoms with Gasteiger partial charge in [-0.1, -0.05) is 6.42 Å². The first-order valence-corrected chi connectivity index (χ1v) is 15.8. The van der Waals surface area contributed by atoms with Crippen LogP contribution in [-0.4, -0.2) is 63.9 Å². The zero-order chi connectivity index (χ0) is 28.8. The number of anilines is 2. The first-order valence-electron chi connectivity index (χ1n) is 14.0. The summed E-state index contributed by atoms with van der Waals surface area (Å²) in [5, 5.41) is 11.8. The van der Waals surface area contributed by atoms with Gasteiger partial charge in [0.25, 0.3) is 5.91 Å². The Morgan fingerprint density at radius 1 is 1.17 bits per heavy atom. The van der Waals surface area contributed by atoms with Crippen LogP contribution in [0.25, 0.3) is 26.4 Å². The van der Waals surface area contributed by atoms with Crippen molar-refractivity contribution in [3.63, 3.8) is 0 Å². The Morgan fingerprint density at radius 2 is 2.00 bits per heavy atom. The molecule has 218 valence electrons. The standard InChI is InChI=1S/C28H30N8O4S2/c29-17-3-1-2-4-18(17)33-28-34-19(23(26(30)38)27-31-14-32-36(27)28)9-15-10-21(41-12-15)16-13-42-25-20(37)11-22(40-24(16)25)35-5-7-39-8-6-35/h10-14,17-18H,1-9,29H2,(H2,30,38)(H,33,34)/p+1/t17-,18+/m1/s1. The van der Waals surface area contributed by atoms with Gasteiger partial charge in [-0.05, 0) is 29.9 Å². The van der Waals surface area contributed by atoms with E-state index in [4.69, 9.17) is 19.9 Å². The molecule has 5 aromatic heterocycles. The van der Waals surface area contributed by atoms with Gasteiger partial charge in [0.05, 0.1) is 24.9 Å². The molecule has 1 saturated heterocycles. The maximum Gasteiger partial charge on any atom is 0.254 e. The SMILES string of the molecule is NC(=O)c1c(Cc2csc(-c3csc4c(=O)cc(N5CCOCC5)oc34)c2)nc(N[C@H]2CCCC[C@H]2[NH3+])n2ncnc12. The van der Waals surface area contributed by atoms with Gasteiger partial charge in [0, 0.05) is 47.8 Å². The van der Waals surface area contributed by atoms with Crippen LogP contribution in [0.4, 0.5) is 11.8 Å². The fourth-order valence-electron chi connectivity index (χ4n) is 5.81. The number of hydrogen-bond donors (Lipinski definition) is 3. The highest BCUT2D eigenvalue weighted by Crippen LogP contribution is 2.38. The molecule has 2 fully saturated rings. The minimum atomic E-state index is -0.605. The van der Waals surface area contributed by atoms with Gasteiger partial charge >= 0.3 is 0 Å². The molecule has 6 N–H and O–H groups in total. The second kappa shape index (κ2) is 11.1. The summed E-state index contributed by atoms with van der Waals surface area (Å²) >= 11 is 2.93. The van der Waals surface area contributed by atoms with E-state index in [1.165, 1.54) is 24.1 Å². The van der Waals surface area contributed by atoms with E-state index in [0.717, 1.165) is 35.3 Å². The lowest BCUT2D eigenvalue weighted by molar-refractivity contribution is -0.427. The molecule has 0 bridgehead atoms. The summed E-state index contributed by atoms with van der Waals surface area (Å²) in [5.41, 5.74) is 13.7. The molecule has 0 radical (unpaired) electrons. The van der Waals surface area contributed by atoms with E-state index >= 15 is 0 Å². The molecular formula is C28H31N8O4S2+. The van der Waals surface area contributed by atoms with Crippen molar-refractivity contribution in [3.8, 4) is 10.4 Å². The number of amides is 1. The number of quaternary nitrogens is 1. The third-order valence-electron chi connectivity index (χ3n) is 8.02. The number of nitrogens with one attached hydrogen (secondary N) is 1. The normalized spacial score (nSPS) is 19.5. The lowest BCUT2D eigenvalue weighted by Gasteiger charge is -2.27. The van der Waals surface area contributed by atoms with E-state index in [1.807, 2.05) is 21.7 Å². The Kier molecular flexibility index (Phi) is 7.14. The van der Waals surface area contributed by atoms with Gasteiger partial charge in [-0.3, -0.25) is 9.59 Å². The van der Waals surface area contributed by atoms with Crippen molar-refractivity contribution in [2.24, 2.45) is 5.73 Å². The first kappa shape index (κ1) is 27.0. The molecule has 2 atom stereocenters. The molecule has 0 spiro atoms. The summed E-state index contributed by atoms with van der Waals surface area (Å²) in [7, 11) is 0. The van der Waals surface area contributed by atoms with E-state index in [9.17, 15) is 9.59 Å². The van der Waals surface area contributed by atoms with Crippen molar-refractivity contribution in [1.82, 2.24) is 19.6 Å². The quantitative estimate of drug-likeness (QED) is 0.252. The Balaban J connectivity index is 1.23. The highest BCUT2D eigenvalue weighted by atomic mass is 32.1. The van der Waals surface area contributed by atoms with Crippen molar-refractivity contribution in [2.75, 3.05) is 36.5 Å². The molecule has 0 aromatic carbocycles. The zero-order valence-electron chi connectivity index (χ0n) is 22.9. The summed E-state index contributed by atoms with van der Waals surface area (Å²) in [6.07, 6.45) is 6.11. The van der Waals surface area contributed by atoms with Crippen LogP contribution in [0, 0.1) is 0 Å². The predicted octanol–water partition coefficient (Wildman–Crippen LogP) is 2.51. The Labute approximate surface area is 248 Å². The van der Waals surface area contributed by atoms with Crippen LogP contribution in [0.2, 0.25) is 0 Å². The molecule has 14 heteroatoms. The number of thiophene rings is 2. The van der Waals surface area contributed by atoms with Crippen LogP contribution in [0.15, 0.2) is 38.4 Å². The van der Waals surface area contributed by atoms with Crippen LogP contribution in [-0.2, 0) is 11.2 Å². The van der Waals surface area contributed by atoms with E-state index in [-0.39, 0.29) is 23.1 Å². The Hall–Kier alpha value is -3.85. The molecule has 1 amide bonds. The van der Waals surface area contributed by atoms with E-state index < -0.39 is 5.91 Å². The average Bonchev–Trinajstić information content (AvgIpc) is 3.75. The Morgan fingerprint density at radius 3 is 2.81 bits per heavy atom. The summed E-state index contributed by atoms with van der Waals surface area (Å²) in [6, 6.07) is 4.03. The van der Waals surface area contributed by atoms with Gasteiger partial charge in [-0.2, -0.15) is 9.61 Å². The molecule has 7 rings (SSSR count). The number of aromatic nitrogens is 4. The van der Waals surface area contributed by atoms with E-state index in [0.29, 0.717) is 66.2 Å². The van der Waals surface area contributed by atoms with Crippen LogP contribution in [0.3, 0.4) is 0 Å². The molecule has 0 unspecified atom stereocenters. The zero-order valence-corrected chi connectivity index (χ0v) is 24.5. The van der Waals surface area contributed by atoms with Crippen molar-refractivity contribution < 1.29 is 19.7 Å². The van der Waals surface area contributed by atoms with Gasteiger partial charge in [-0.15, -0.1) is 22.7 Å². The number of carbonyl (C=O) groups excluding carboxylic acids is 1. The fraction of sp³-hybridized carbons (Fsp3) is 0.393. The second-order valence-electron chi connectivity index (χ2n) is 10.8. The Bertz CT molecular complexity index is 1840. The largest absolute Gasteiger partial charge is 0.439 e. The summed E-state index contributed by atoms with van der Waals surface area (Å²) in [6.45, 7) is 2.55. The van der Waals surface area contributed by atoms with Crippen molar-refractivity contribution >= 4 is 56.3 Å². The van der Waals surface area contributed by atoms with Gasteiger partial charge in [0.1, 0.15) is 22.6 Å². The monoisotopic (exact) mass is 607 g/mol. The maximum absolute atomic E-state index is 12.9. The third-order valence-corrected chi connectivity index (χ3v) is 10.0. The molecule has 1 saturated carbocycles. The number of primary amides is 1. The van der Waals surface area contributed by atoms with Gasteiger partial charge < -0.3 is 30.8 Å². The number of nitrogens with zero attached hydrogens (tertiary/aromatic N) is 5. The number of rotatable bonds is 7. The van der Waals surface area contributed by atoms with Crippen molar-refractivity contribution in [2.45, 2.75) is 44.2 Å². The smallest absolute Gasteiger partial charge is 0.254 e. The van der Waals surface area contributed by atoms with Gasteiger partial charge in [-0.25, -0.2) is 9.97 Å². The molecular weight excluding hydrogens is 576 g/mol. The van der Waals surface area contributed by atoms with Crippen LogP contribution in [0.5, 0.6) is 0 Å². The van der Waals surface area contributed by atoms with Crippen LogP contribution >= 0.6 is 22.7 Å². The average molecular weight is 608 g/mol. The molecule has 12 nitrogen and oxygen atoms in total. The molecule has 1 aliphatic carbocycles. The topological polar surface area (TPSA) is 169 Å². The minimum Gasteiger partial charge on any atom is -0.439 e. The van der Waals surface area contributed by atoms with Gasteiger partial charge in [0.15, 0.2) is 17.1 Å². The molecule has 42 heavy (non-hydrogen) atoms. The summed E-state index contributed by atoms with van der Waals surface area (Å²) < 4.78 is 13.9. The minimum absolute atomic E-state index is 0.0507. The summed E-state index contributed by atoms with van der Waals surface area (Å²) in [4.78, 5) is 37.8. The lowest BCUT2D eigenvalue weighted by atomic mass is 9.91. The molecule has 1 aliphatic heterocycles. The number of fused-ring (bicyclic) bond motifs is 2. The first-order chi connectivity index (χ1) is 20.5. The fourth-order valence-corrected chi connectivity index (χ4v) is 7.71. The van der Waals surface area contributed by atoms with Crippen molar-refractivity contribution in [3.05, 3.63) is 56.3 Å². The maximum atomic E-state index is 12.9. The number of nitrogens with two attached hydrogens (primary N) is 1. The van der Waals surface area contributed by atoms with E-state index in [2.05, 4.69) is 21.1 Å². The summed E-state index contributed by atoms with van der Waals surface area (Å²) in [5.74, 6) is 0.484.